The van der Waals surface area contributed by atoms with Crippen LogP contribution in [-0.2, 0) is 0 Å². The summed E-state index contributed by atoms with van der Waals surface area (Å²) in [5, 5.41) is 0. The van der Waals surface area contributed by atoms with Crippen LogP contribution in [0.5, 0.6) is 0 Å². The molecule has 3 aromatic heterocycles. The minimum Gasteiger partial charge on any atom is -0.338 e. The highest BCUT2D eigenvalue weighted by Gasteiger charge is 2.27. The van der Waals surface area contributed by atoms with E-state index in [1.165, 1.54) is 12.4 Å². The smallest absolute Gasteiger partial charge is 0.255 e. The summed E-state index contributed by atoms with van der Waals surface area (Å²) < 4.78 is 14.2. The molecule has 1 aromatic carbocycles. The zero-order valence-corrected chi connectivity index (χ0v) is 17.9. The molecule has 0 N–H and O–H groups in total. The quantitative estimate of drug-likeness (QED) is 0.459. The maximum atomic E-state index is 14.2. The highest BCUT2D eigenvalue weighted by atomic mass is 19.1. The van der Waals surface area contributed by atoms with Gasteiger partial charge < -0.3 is 4.90 Å². The Bertz CT molecular complexity index is 1260. The molecule has 1 saturated heterocycles. The summed E-state index contributed by atoms with van der Waals surface area (Å²) in [6.45, 7) is 1.26. The number of piperidine rings is 1. The molecule has 0 radical (unpaired) electrons. The van der Waals surface area contributed by atoms with E-state index < -0.39 is 0 Å². The number of rotatable bonds is 4. The number of likely N-dealkylation sites (tertiary alicyclic amines) is 1. The van der Waals surface area contributed by atoms with Gasteiger partial charge in [-0.15, -0.1) is 0 Å². The standard InChI is InChI=1S/C26H22FN5O/c27-22-7-2-1-6-21(22)25-9-3-8-24(31-25)19-5-4-12-32(16-19)26(33)18-10-11-23(30-15-18)20-13-28-17-29-14-20/h1-3,6-11,13-15,17,19H,4-5,12,16H2. The predicted molar refractivity (Wildman–Crippen MR) is 123 cm³/mol. The summed E-state index contributed by atoms with van der Waals surface area (Å²) in [5.41, 5.74) is 4.04. The van der Waals surface area contributed by atoms with Gasteiger partial charge in [-0.05, 0) is 49.2 Å². The molecule has 1 fully saturated rings. The first-order valence-corrected chi connectivity index (χ1v) is 10.9. The van der Waals surface area contributed by atoms with Gasteiger partial charge in [-0.3, -0.25) is 14.8 Å². The molecule has 0 spiro atoms. The van der Waals surface area contributed by atoms with Crippen LogP contribution < -0.4 is 0 Å². The summed E-state index contributed by atoms with van der Waals surface area (Å²) in [4.78, 5) is 32.2. The van der Waals surface area contributed by atoms with Crippen LogP contribution in [0.25, 0.3) is 22.5 Å². The van der Waals surface area contributed by atoms with Gasteiger partial charge in [0.1, 0.15) is 12.1 Å². The highest BCUT2D eigenvalue weighted by Crippen LogP contribution is 2.29. The first kappa shape index (κ1) is 20.9. The lowest BCUT2D eigenvalue weighted by Crippen LogP contribution is -2.39. The molecule has 4 aromatic rings. The third-order valence-electron chi connectivity index (χ3n) is 5.91. The third-order valence-corrected chi connectivity index (χ3v) is 5.91. The van der Waals surface area contributed by atoms with E-state index in [-0.39, 0.29) is 17.6 Å². The molecule has 164 valence electrons. The fourth-order valence-corrected chi connectivity index (χ4v) is 4.21. The third kappa shape index (κ3) is 4.48. The Labute approximate surface area is 191 Å². The number of halogens is 1. The average molecular weight is 439 g/mol. The van der Waals surface area contributed by atoms with Gasteiger partial charge in [0.25, 0.3) is 5.91 Å². The van der Waals surface area contributed by atoms with Crippen molar-refractivity contribution in [1.29, 1.82) is 0 Å². The van der Waals surface area contributed by atoms with Crippen LogP contribution in [0.4, 0.5) is 4.39 Å². The highest BCUT2D eigenvalue weighted by molar-refractivity contribution is 5.94. The SMILES string of the molecule is O=C(c1ccc(-c2cncnc2)nc1)N1CCCC(c2cccc(-c3ccccc3F)n2)C1. The topological polar surface area (TPSA) is 71.9 Å². The van der Waals surface area contributed by atoms with Crippen molar-refractivity contribution in [3.8, 4) is 22.5 Å². The molecule has 0 bridgehead atoms. The molecule has 0 saturated carbocycles. The molecule has 7 heteroatoms. The molecule has 1 amide bonds. The van der Waals surface area contributed by atoms with Crippen LogP contribution >= 0.6 is 0 Å². The van der Waals surface area contributed by atoms with E-state index in [2.05, 4.69) is 15.0 Å². The van der Waals surface area contributed by atoms with Gasteiger partial charge in [0.05, 0.1) is 17.0 Å². The average Bonchev–Trinajstić information content (AvgIpc) is 2.89. The predicted octanol–water partition coefficient (Wildman–Crippen LogP) is 4.76. The zero-order chi connectivity index (χ0) is 22.6. The van der Waals surface area contributed by atoms with Gasteiger partial charge in [0.2, 0.25) is 0 Å². The lowest BCUT2D eigenvalue weighted by Gasteiger charge is -2.32. The number of carbonyl (C=O) groups is 1. The molecule has 0 aliphatic carbocycles. The van der Waals surface area contributed by atoms with E-state index in [1.807, 2.05) is 29.2 Å². The van der Waals surface area contributed by atoms with Crippen molar-refractivity contribution in [1.82, 2.24) is 24.8 Å². The molecule has 33 heavy (non-hydrogen) atoms. The van der Waals surface area contributed by atoms with Crippen molar-refractivity contribution < 1.29 is 9.18 Å². The van der Waals surface area contributed by atoms with Gasteiger partial charge in [0, 0.05) is 54.4 Å². The molecular formula is C26H22FN5O. The molecular weight excluding hydrogens is 417 g/mol. The number of pyridine rings is 2. The summed E-state index contributed by atoms with van der Waals surface area (Å²) >= 11 is 0. The van der Waals surface area contributed by atoms with E-state index in [1.54, 1.807) is 42.9 Å². The Kier molecular flexibility index (Phi) is 5.85. The van der Waals surface area contributed by atoms with Crippen LogP contribution in [0.1, 0.15) is 34.8 Å². The number of hydrogen-bond acceptors (Lipinski definition) is 5. The summed E-state index contributed by atoms with van der Waals surface area (Å²) in [7, 11) is 0. The van der Waals surface area contributed by atoms with Crippen molar-refractivity contribution in [3.63, 3.8) is 0 Å². The largest absolute Gasteiger partial charge is 0.338 e. The number of benzene rings is 1. The number of aromatic nitrogens is 4. The fraction of sp³-hybridized carbons (Fsp3) is 0.192. The van der Waals surface area contributed by atoms with Crippen molar-refractivity contribution in [3.05, 3.63) is 96.6 Å². The van der Waals surface area contributed by atoms with Crippen LogP contribution in [0, 0.1) is 5.82 Å². The van der Waals surface area contributed by atoms with Crippen LogP contribution in [0.2, 0.25) is 0 Å². The summed E-state index contributed by atoms with van der Waals surface area (Å²) in [5.74, 6) is -0.239. The number of amides is 1. The first-order valence-electron chi connectivity index (χ1n) is 10.9. The van der Waals surface area contributed by atoms with Crippen molar-refractivity contribution in [2.24, 2.45) is 0 Å². The lowest BCUT2D eigenvalue weighted by molar-refractivity contribution is 0.0705. The van der Waals surface area contributed by atoms with Gasteiger partial charge in [-0.25, -0.2) is 14.4 Å². The van der Waals surface area contributed by atoms with Gasteiger partial charge in [-0.2, -0.15) is 0 Å². The second kappa shape index (κ2) is 9.24. The Morgan fingerprint density at radius 2 is 1.79 bits per heavy atom. The minimum atomic E-state index is -0.291. The summed E-state index contributed by atoms with van der Waals surface area (Å²) in [6.07, 6.45) is 8.26. The second-order valence-corrected chi connectivity index (χ2v) is 8.08. The van der Waals surface area contributed by atoms with Crippen molar-refractivity contribution in [2.75, 3.05) is 13.1 Å². The number of nitrogens with zero attached hydrogens (tertiary/aromatic N) is 5. The number of hydrogen-bond donors (Lipinski definition) is 0. The van der Waals surface area contributed by atoms with Gasteiger partial charge in [0.15, 0.2) is 0 Å². The van der Waals surface area contributed by atoms with Crippen LogP contribution in [-0.4, -0.2) is 43.8 Å². The van der Waals surface area contributed by atoms with Crippen LogP contribution in [0.3, 0.4) is 0 Å². The normalized spacial score (nSPS) is 15.9. The molecule has 6 nitrogen and oxygen atoms in total. The molecule has 1 aliphatic heterocycles. The monoisotopic (exact) mass is 439 g/mol. The van der Waals surface area contributed by atoms with E-state index in [4.69, 9.17) is 4.98 Å². The maximum absolute atomic E-state index is 14.2. The van der Waals surface area contributed by atoms with E-state index >= 15 is 0 Å². The van der Waals surface area contributed by atoms with E-state index in [0.29, 0.717) is 29.9 Å². The molecule has 1 aliphatic rings. The van der Waals surface area contributed by atoms with E-state index in [9.17, 15) is 9.18 Å². The molecule has 1 atom stereocenters. The Morgan fingerprint density at radius 3 is 2.58 bits per heavy atom. The maximum Gasteiger partial charge on any atom is 0.255 e. The lowest BCUT2D eigenvalue weighted by atomic mass is 9.93. The molecule has 4 heterocycles. The fourth-order valence-electron chi connectivity index (χ4n) is 4.21. The number of carbonyl (C=O) groups excluding carboxylic acids is 1. The zero-order valence-electron chi connectivity index (χ0n) is 17.9. The molecule has 5 rings (SSSR count). The van der Waals surface area contributed by atoms with Gasteiger partial charge >= 0.3 is 0 Å². The van der Waals surface area contributed by atoms with Crippen molar-refractivity contribution in [2.45, 2.75) is 18.8 Å². The van der Waals surface area contributed by atoms with E-state index in [0.717, 1.165) is 29.8 Å². The minimum absolute atomic E-state index is 0.0479. The molecule has 1 unspecified atom stereocenters. The van der Waals surface area contributed by atoms with Gasteiger partial charge in [-0.1, -0.05) is 18.2 Å². The summed E-state index contributed by atoms with van der Waals surface area (Å²) in [6, 6.07) is 15.9. The Balaban J connectivity index is 1.32. The Morgan fingerprint density at radius 1 is 0.939 bits per heavy atom. The first-order chi connectivity index (χ1) is 16.2. The Hall–Kier alpha value is -4.00. The van der Waals surface area contributed by atoms with Crippen molar-refractivity contribution >= 4 is 5.91 Å². The van der Waals surface area contributed by atoms with Crippen LogP contribution in [0.15, 0.2) is 79.5 Å². The second-order valence-electron chi connectivity index (χ2n) is 8.08.